The molecule has 5 rings (SSSR count). The molecule has 1 aromatic heterocycles. The Bertz CT molecular complexity index is 854. The lowest BCUT2D eigenvalue weighted by molar-refractivity contribution is -0.174. The van der Waals surface area contributed by atoms with Crippen LogP contribution >= 0.6 is 0 Å². The Hall–Kier alpha value is -2.87. The second kappa shape index (κ2) is 6.38. The highest BCUT2D eigenvalue weighted by molar-refractivity contribution is 5.95. The van der Waals surface area contributed by atoms with E-state index in [-0.39, 0.29) is 24.4 Å². The van der Waals surface area contributed by atoms with E-state index in [4.69, 9.17) is 18.9 Å². The molecule has 3 aliphatic heterocycles. The van der Waals surface area contributed by atoms with Crippen molar-refractivity contribution < 1.29 is 23.7 Å². The Morgan fingerprint density at radius 2 is 2.00 bits per heavy atom. The average Bonchev–Trinajstić information content (AvgIpc) is 3.14. The molecule has 1 atom stereocenters. The van der Waals surface area contributed by atoms with Gasteiger partial charge in [0.25, 0.3) is 5.91 Å². The summed E-state index contributed by atoms with van der Waals surface area (Å²) in [6, 6.07) is 7.40. The Labute approximate surface area is 156 Å². The van der Waals surface area contributed by atoms with Crippen molar-refractivity contribution in [1.29, 1.82) is 0 Å². The van der Waals surface area contributed by atoms with Crippen LogP contribution in [0.5, 0.6) is 17.5 Å². The molecule has 0 radical (unpaired) electrons. The molecular formula is C19H19N3O5. The number of aromatic nitrogens is 2. The number of nitrogens with zero attached hydrogens (tertiary/aromatic N) is 3. The zero-order valence-electron chi connectivity index (χ0n) is 14.7. The molecule has 0 aliphatic carbocycles. The van der Waals surface area contributed by atoms with Crippen LogP contribution < -0.4 is 14.2 Å². The van der Waals surface area contributed by atoms with Crippen molar-refractivity contribution in [2.45, 2.75) is 24.5 Å². The van der Waals surface area contributed by atoms with E-state index in [2.05, 4.69) is 9.97 Å². The van der Waals surface area contributed by atoms with Gasteiger partial charge in [0.2, 0.25) is 6.79 Å². The van der Waals surface area contributed by atoms with Crippen LogP contribution in [-0.2, 0) is 4.74 Å². The summed E-state index contributed by atoms with van der Waals surface area (Å²) in [4.78, 5) is 22.8. The van der Waals surface area contributed by atoms with Gasteiger partial charge in [0.1, 0.15) is 11.7 Å². The van der Waals surface area contributed by atoms with Crippen LogP contribution in [0.4, 0.5) is 0 Å². The molecule has 140 valence electrons. The summed E-state index contributed by atoms with van der Waals surface area (Å²) in [7, 11) is 0. The van der Waals surface area contributed by atoms with Gasteiger partial charge in [-0.2, -0.15) is 0 Å². The number of carbonyl (C=O) groups is 1. The first-order valence-corrected chi connectivity index (χ1v) is 8.97. The van der Waals surface area contributed by atoms with Crippen LogP contribution in [-0.4, -0.2) is 59.0 Å². The van der Waals surface area contributed by atoms with Crippen molar-refractivity contribution in [2.75, 3.05) is 26.5 Å². The number of fused-ring (bicyclic) bond motifs is 1. The molecule has 4 heterocycles. The van der Waals surface area contributed by atoms with Crippen LogP contribution in [0.3, 0.4) is 0 Å². The minimum absolute atomic E-state index is 0.0102. The van der Waals surface area contributed by atoms with E-state index < -0.39 is 0 Å². The van der Waals surface area contributed by atoms with Crippen LogP contribution in [0.2, 0.25) is 0 Å². The van der Waals surface area contributed by atoms with E-state index >= 15 is 0 Å². The Kier molecular flexibility index (Phi) is 3.86. The first kappa shape index (κ1) is 16.3. The fourth-order valence-electron chi connectivity index (χ4n) is 3.80. The molecule has 1 spiro atoms. The molecule has 3 aliphatic rings. The van der Waals surface area contributed by atoms with Crippen LogP contribution in [0, 0.1) is 0 Å². The molecule has 1 amide bonds. The molecule has 8 nitrogen and oxygen atoms in total. The lowest BCUT2D eigenvalue weighted by Crippen LogP contribution is -2.67. The Balaban J connectivity index is 1.22. The maximum atomic E-state index is 12.7. The summed E-state index contributed by atoms with van der Waals surface area (Å²) < 4.78 is 22.5. The molecule has 8 heteroatoms. The van der Waals surface area contributed by atoms with Crippen molar-refractivity contribution in [3.05, 3.63) is 42.2 Å². The van der Waals surface area contributed by atoms with Gasteiger partial charge in [-0.3, -0.25) is 4.79 Å². The largest absolute Gasteiger partial charge is 0.460 e. The highest BCUT2D eigenvalue weighted by Gasteiger charge is 2.50. The third-order valence-corrected chi connectivity index (χ3v) is 5.13. The number of likely N-dealkylation sites (tertiary alicyclic amines) is 1. The smallest absolute Gasteiger partial charge is 0.316 e. The number of hydrogen-bond donors (Lipinski definition) is 0. The van der Waals surface area contributed by atoms with Crippen molar-refractivity contribution in [2.24, 2.45) is 0 Å². The second-order valence-corrected chi connectivity index (χ2v) is 7.02. The standard InChI is InChI=1S/C19H19N3O5/c23-17(13-2-3-15-16(8-13)25-12-24-15)22-10-19(11-22)9-14(4-7-26-19)27-18-20-5-1-6-21-18/h1-3,5-6,8,14H,4,7,9-12H2/t14-/m0/s1. The third kappa shape index (κ3) is 3.06. The second-order valence-electron chi connectivity index (χ2n) is 7.02. The maximum absolute atomic E-state index is 12.7. The SMILES string of the molecule is O=C(c1ccc2c(c1)OCO2)N1CC2(C[C@@H](Oc3ncccn3)CCO2)C1. The molecule has 2 aromatic rings. The van der Waals surface area contributed by atoms with Crippen molar-refractivity contribution in [3.8, 4) is 17.5 Å². The van der Waals surface area contributed by atoms with Crippen LogP contribution in [0.25, 0.3) is 0 Å². The summed E-state index contributed by atoms with van der Waals surface area (Å²) >= 11 is 0. The molecule has 0 unspecified atom stereocenters. The molecule has 0 N–H and O–H groups in total. The normalized spacial score (nSPS) is 22.4. The summed E-state index contributed by atoms with van der Waals surface area (Å²) in [5, 5.41) is 0. The zero-order chi connectivity index (χ0) is 18.3. The number of benzene rings is 1. The summed E-state index contributed by atoms with van der Waals surface area (Å²) in [5.74, 6) is 1.25. The van der Waals surface area contributed by atoms with Crippen molar-refractivity contribution in [3.63, 3.8) is 0 Å². The van der Waals surface area contributed by atoms with Crippen molar-refractivity contribution >= 4 is 5.91 Å². The van der Waals surface area contributed by atoms with Gasteiger partial charge in [-0.05, 0) is 24.3 Å². The van der Waals surface area contributed by atoms with E-state index in [0.29, 0.717) is 42.8 Å². The first-order chi connectivity index (χ1) is 13.2. The van der Waals surface area contributed by atoms with E-state index in [9.17, 15) is 4.79 Å². The lowest BCUT2D eigenvalue weighted by atomic mass is 9.84. The monoisotopic (exact) mass is 369 g/mol. The van der Waals surface area contributed by atoms with Gasteiger partial charge in [0.05, 0.1) is 19.7 Å². The maximum Gasteiger partial charge on any atom is 0.316 e. The Morgan fingerprint density at radius 1 is 1.19 bits per heavy atom. The highest BCUT2D eigenvalue weighted by atomic mass is 16.7. The number of hydrogen-bond acceptors (Lipinski definition) is 7. The van der Waals surface area contributed by atoms with Gasteiger partial charge in [-0.1, -0.05) is 0 Å². The van der Waals surface area contributed by atoms with Crippen LogP contribution in [0.15, 0.2) is 36.7 Å². The van der Waals surface area contributed by atoms with Gasteiger partial charge >= 0.3 is 6.01 Å². The van der Waals surface area contributed by atoms with E-state index in [1.165, 1.54) is 0 Å². The zero-order valence-corrected chi connectivity index (χ0v) is 14.7. The molecule has 2 fully saturated rings. The molecule has 1 aromatic carbocycles. The van der Waals surface area contributed by atoms with E-state index in [1.807, 2.05) is 0 Å². The molecule has 27 heavy (non-hydrogen) atoms. The fourth-order valence-corrected chi connectivity index (χ4v) is 3.80. The van der Waals surface area contributed by atoms with Gasteiger partial charge in [-0.15, -0.1) is 0 Å². The van der Waals surface area contributed by atoms with E-state index in [0.717, 1.165) is 12.8 Å². The quantitative estimate of drug-likeness (QED) is 0.814. The van der Waals surface area contributed by atoms with Crippen LogP contribution in [0.1, 0.15) is 23.2 Å². The minimum Gasteiger partial charge on any atom is -0.460 e. The first-order valence-electron chi connectivity index (χ1n) is 8.97. The average molecular weight is 369 g/mol. The van der Waals surface area contributed by atoms with Gasteiger partial charge in [0.15, 0.2) is 11.5 Å². The number of amides is 1. The molecule has 2 saturated heterocycles. The predicted molar refractivity (Wildman–Crippen MR) is 92.8 cm³/mol. The highest BCUT2D eigenvalue weighted by Crippen LogP contribution is 2.37. The molecule has 0 bridgehead atoms. The van der Waals surface area contributed by atoms with Crippen molar-refractivity contribution in [1.82, 2.24) is 14.9 Å². The van der Waals surface area contributed by atoms with Gasteiger partial charge in [-0.25, -0.2) is 9.97 Å². The minimum atomic E-state index is -0.344. The predicted octanol–water partition coefficient (Wildman–Crippen LogP) is 1.66. The van der Waals surface area contributed by atoms with Gasteiger partial charge in [0, 0.05) is 30.8 Å². The summed E-state index contributed by atoms with van der Waals surface area (Å²) in [6.45, 7) is 1.90. The summed E-state index contributed by atoms with van der Waals surface area (Å²) in [5.41, 5.74) is 0.249. The Morgan fingerprint density at radius 3 is 2.85 bits per heavy atom. The van der Waals surface area contributed by atoms with Gasteiger partial charge < -0.3 is 23.8 Å². The number of carbonyl (C=O) groups excluding carboxylic acids is 1. The summed E-state index contributed by atoms with van der Waals surface area (Å²) in [6.07, 6.45) is 4.81. The number of rotatable bonds is 3. The molecular weight excluding hydrogens is 350 g/mol. The molecule has 0 saturated carbocycles. The van der Waals surface area contributed by atoms with E-state index in [1.54, 1.807) is 41.6 Å². The fraction of sp³-hybridized carbons (Fsp3) is 0.421. The lowest BCUT2D eigenvalue weighted by Gasteiger charge is -2.52. The topological polar surface area (TPSA) is 83.0 Å². The third-order valence-electron chi connectivity index (χ3n) is 5.13. The number of ether oxygens (including phenoxy) is 4.